The largest absolute Gasteiger partial charge is 0.416 e. The highest BCUT2D eigenvalue weighted by molar-refractivity contribution is 5.77. The molecule has 3 rings (SSSR count). The Kier molecular flexibility index (Phi) is 6.36. The molecule has 1 amide bonds. The van der Waals surface area contributed by atoms with Crippen molar-refractivity contribution in [1.82, 2.24) is 9.80 Å². The van der Waals surface area contributed by atoms with E-state index in [2.05, 4.69) is 4.90 Å². The Balaban J connectivity index is 1.50. The van der Waals surface area contributed by atoms with Gasteiger partial charge in [0.15, 0.2) is 0 Å². The molecule has 1 fully saturated rings. The summed E-state index contributed by atoms with van der Waals surface area (Å²) >= 11 is 0. The van der Waals surface area contributed by atoms with E-state index < -0.39 is 11.7 Å². The molecule has 0 aromatic heterocycles. The highest BCUT2D eigenvalue weighted by Gasteiger charge is 2.30. The molecule has 1 atom stereocenters. The van der Waals surface area contributed by atoms with E-state index in [1.54, 1.807) is 11.0 Å². The number of hydrogen-bond acceptors (Lipinski definition) is 3. The fourth-order valence-electron chi connectivity index (χ4n) is 3.39. The molecule has 1 unspecified atom stereocenters. The van der Waals surface area contributed by atoms with Crippen LogP contribution in [-0.4, -0.2) is 41.9 Å². The first kappa shape index (κ1) is 20.4. The van der Waals surface area contributed by atoms with Gasteiger partial charge in [0.1, 0.15) is 0 Å². The molecule has 0 aliphatic carbocycles. The van der Waals surface area contributed by atoms with Gasteiger partial charge in [0.2, 0.25) is 5.91 Å². The first-order chi connectivity index (χ1) is 13.3. The fourth-order valence-corrected chi connectivity index (χ4v) is 3.39. The van der Waals surface area contributed by atoms with Crippen LogP contribution >= 0.6 is 0 Å². The van der Waals surface area contributed by atoms with Crippen molar-refractivity contribution in [3.63, 3.8) is 0 Å². The monoisotopic (exact) mass is 391 g/mol. The predicted molar refractivity (Wildman–Crippen MR) is 101 cm³/mol. The van der Waals surface area contributed by atoms with Crippen molar-refractivity contribution in [3.05, 3.63) is 71.3 Å². The average molecular weight is 391 g/mol. The summed E-state index contributed by atoms with van der Waals surface area (Å²) in [5.74, 6) is 0.00933. The van der Waals surface area contributed by atoms with E-state index >= 15 is 0 Å². The maximum atomic E-state index is 12.8. The van der Waals surface area contributed by atoms with Gasteiger partial charge >= 0.3 is 6.18 Å². The van der Waals surface area contributed by atoms with Crippen LogP contribution in [0.15, 0.2) is 54.6 Å². The van der Waals surface area contributed by atoms with Crippen molar-refractivity contribution in [2.24, 2.45) is 5.73 Å². The topological polar surface area (TPSA) is 49.6 Å². The normalized spacial score (nSPS) is 16.8. The summed E-state index contributed by atoms with van der Waals surface area (Å²) in [6.45, 7) is 2.80. The molecule has 7 heteroatoms. The van der Waals surface area contributed by atoms with Crippen LogP contribution in [0, 0.1) is 0 Å². The maximum Gasteiger partial charge on any atom is 0.416 e. The number of nitrogens with two attached hydrogens (primary N) is 1. The Morgan fingerprint density at radius 2 is 1.68 bits per heavy atom. The minimum atomic E-state index is -4.33. The lowest BCUT2D eigenvalue weighted by atomic mass is 10.0. The second-order valence-electron chi connectivity index (χ2n) is 7.08. The maximum absolute atomic E-state index is 12.8. The first-order valence-corrected chi connectivity index (χ1v) is 9.30. The molecule has 0 spiro atoms. The molecule has 1 aliphatic heterocycles. The standard InChI is InChI=1S/C21H24F3N3O/c22-21(23,24)18-8-4-5-16(13-18)15-26-9-11-27(12-10-26)20(28)14-19(25)17-6-2-1-3-7-17/h1-8,13,19H,9-12,14-15,25H2. The number of rotatable bonds is 5. The van der Waals surface area contributed by atoms with Crippen molar-refractivity contribution in [2.75, 3.05) is 26.2 Å². The third-order valence-electron chi connectivity index (χ3n) is 5.01. The molecular weight excluding hydrogens is 367 g/mol. The SMILES string of the molecule is NC(CC(=O)N1CCN(Cc2cccc(C(F)(F)F)c2)CC1)c1ccccc1. The Bertz CT molecular complexity index is 787. The summed E-state index contributed by atoms with van der Waals surface area (Å²) in [4.78, 5) is 16.4. The molecule has 1 aliphatic rings. The Morgan fingerprint density at radius 3 is 2.32 bits per heavy atom. The van der Waals surface area contributed by atoms with Crippen LogP contribution in [-0.2, 0) is 17.5 Å². The number of piperazine rings is 1. The number of benzene rings is 2. The van der Waals surface area contributed by atoms with Gasteiger partial charge in [0, 0.05) is 45.2 Å². The summed E-state index contributed by atoms with van der Waals surface area (Å²) in [5.41, 5.74) is 7.06. The number of halogens is 3. The van der Waals surface area contributed by atoms with Gasteiger partial charge in [-0.15, -0.1) is 0 Å². The van der Waals surface area contributed by atoms with Crippen molar-refractivity contribution in [2.45, 2.75) is 25.2 Å². The molecule has 1 heterocycles. The van der Waals surface area contributed by atoms with Crippen LogP contribution in [0.2, 0.25) is 0 Å². The van der Waals surface area contributed by atoms with Crippen LogP contribution in [0.25, 0.3) is 0 Å². The van der Waals surface area contributed by atoms with E-state index in [1.165, 1.54) is 12.1 Å². The number of carbonyl (C=O) groups is 1. The van der Waals surface area contributed by atoms with Crippen molar-refractivity contribution in [1.29, 1.82) is 0 Å². The molecule has 2 aromatic carbocycles. The molecule has 0 bridgehead atoms. The zero-order chi connectivity index (χ0) is 20.1. The first-order valence-electron chi connectivity index (χ1n) is 9.30. The van der Waals surface area contributed by atoms with Gasteiger partial charge < -0.3 is 10.6 Å². The quantitative estimate of drug-likeness (QED) is 0.850. The van der Waals surface area contributed by atoms with Gasteiger partial charge in [-0.25, -0.2) is 0 Å². The molecule has 150 valence electrons. The predicted octanol–water partition coefficient (Wildman–Crippen LogP) is 3.44. The van der Waals surface area contributed by atoms with Crippen LogP contribution < -0.4 is 5.73 Å². The summed E-state index contributed by atoms with van der Waals surface area (Å²) in [6, 6.07) is 14.6. The van der Waals surface area contributed by atoms with E-state index in [-0.39, 0.29) is 18.4 Å². The third-order valence-corrected chi connectivity index (χ3v) is 5.01. The Labute approximate surface area is 162 Å². The smallest absolute Gasteiger partial charge is 0.340 e. The van der Waals surface area contributed by atoms with Gasteiger partial charge in [-0.05, 0) is 17.2 Å². The minimum absolute atomic E-state index is 0.00933. The molecule has 0 radical (unpaired) electrons. The molecule has 1 saturated heterocycles. The summed E-state index contributed by atoms with van der Waals surface area (Å²) in [5, 5.41) is 0. The van der Waals surface area contributed by atoms with Gasteiger partial charge in [-0.3, -0.25) is 9.69 Å². The second kappa shape index (κ2) is 8.75. The van der Waals surface area contributed by atoms with E-state index in [1.807, 2.05) is 30.3 Å². The van der Waals surface area contributed by atoms with Gasteiger partial charge in [0.05, 0.1) is 5.56 Å². The number of carbonyl (C=O) groups excluding carboxylic acids is 1. The third kappa shape index (κ3) is 5.33. The lowest BCUT2D eigenvalue weighted by molar-refractivity contribution is -0.137. The average Bonchev–Trinajstić information content (AvgIpc) is 2.69. The molecule has 2 aromatic rings. The number of amides is 1. The lowest BCUT2D eigenvalue weighted by Gasteiger charge is -2.35. The van der Waals surface area contributed by atoms with Crippen LogP contribution in [0.3, 0.4) is 0 Å². The summed E-state index contributed by atoms with van der Waals surface area (Å²) in [6.07, 6.45) is -4.09. The van der Waals surface area contributed by atoms with E-state index in [4.69, 9.17) is 5.73 Å². The van der Waals surface area contributed by atoms with Gasteiger partial charge in [-0.2, -0.15) is 13.2 Å². The van der Waals surface area contributed by atoms with E-state index in [0.29, 0.717) is 38.3 Å². The van der Waals surface area contributed by atoms with Crippen LogP contribution in [0.1, 0.15) is 29.2 Å². The lowest BCUT2D eigenvalue weighted by Crippen LogP contribution is -2.48. The Hall–Kier alpha value is -2.38. The molecular formula is C21H24F3N3O. The van der Waals surface area contributed by atoms with Crippen LogP contribution in [0.5, 0.6) is 0 Å². The summed E-state index contributed by atoms with van der Waals surface area (Å²) < 4.78 is 38.5. The van der Waals surface area contributed by atoms with Crippen molar-refractivity contribution >= 4 is 5.91 Å². The number of hydrogen-bond donors (Lipinski definition) is 1. The zero-order valence-corrected chi connectivity index (χ0v) is 15.5. The summed E-state index contributed by atoms with van der Waals surface area (Å²) in [7, 11) is 0. The highest BCUT2D eigenvalue weighted by atomic mass is 19.4. The van der Waals surface area contributed by atoms with Gasteiger partial charge in [0.25, 0.3) is 0 Å². The fraction of sp³-hybridized carbons (Fsp3) is 0.381. The highest BCUT2D eigenvalue weighted by Crippen LogP contribution is 2.29. The molecule has 0 saturated carbocycles. The number of nitrogens with zero attached hydrogens (tertiary/aromatic N) is 2. The van der Waals surface area contributed by atoms with Crippen molar-refractivity contribution < 1.29 is 18.0 Å². The molecule has 28 heavy (non-hydrogen) atoms. The molecule has 2 N–H and O–H groups in total. The zero-order valence-electron chi connectivity index (χ0n) is 15.5. The van der Waals surface area contributed by atoms with Crippen molar-refractivity contribution in [3.8, 4) is 0 Å². The molecule has 4 nitrogen and oxygen atoms in total. The minimum Gasteiger partial charge on any atom is -0.340 e. The Morgan fingerprint density at radius 1 is 1.00 bits per heavy atom. The second-order valence-corrected chi connectivity index (χ2v) is 7.08. The van der Waals surface area contributed by atoms with Gasteiger partial charge in [-0.1, -0.05) is 48.5 Å². The van der Waals surface area contributed by atoms with Crippen LogP contribution in [0.4, 0.5) is 13.2 Å². The number of alkyl halides is 3. The van der Waals surface area contributed by atoms with E-state index in [0.717, 1.165) is 11.6 Å². The van der Waals surface area contributed by atoms with E-state index in [9.17, 15) is 18.0 Å².